The standard InChI is InChI=1S/C12H17N3O2/c1-7(6-16)15(2)8-3-4-9-10(5-8)14-12(17)11(9)13/h3-5,7,11,16H,6,13H2,1-2H3,(H,14,17). The van der Waals surface area contributed by atoms with Gasteiger partial charge in [-0.15, -0.1) is 0 Å². The van der Waals surface area contributed by atoms with Crippen LogP contribution in [0.4, 0.5) is 11.4 Å². The lowest BCUT2D eigenvalue weighted by molar-refractivity contribution is -0.116. The van der Waals surface area contributed by atoms with Crippen LogP contribution in [0.5, 0.6) is 0 Å². The first kappa shape index (κ1) is 11.9. The number of aliphatic hydroxyl groups is 1. The number of nitrogens with one attached hydrogen (secondary N) is 1. The van der Waals surface area contributed by atoms with E-state index in [2.05, 4.69) is 5.32 Å². The van der Waals surface area contributed by atoms with E-state index in [0.29, 0.717) is 0 Å². The molecule has 0 spiro atoms. The summed E-state index contributed by atoms with van der Waals surface area (Å²) in [5, 5.41) is 11.9. The summed E-state index contributed by atoms with van der Waals surface area (Å²) in [4.78, 5) is 13.4. The van der Waals surface area contributed by atoms with Gasteiger partial charge in [0.05, 0.1) is 6.61 Å². The Morgan fingerprint density at radius 2 is 2.29 bits per heavy atom. The summed E-state index contributed by atoms with van der Waals surface area (Å²) in [5.74, 6) is -0.171. The number of nitrogens with zero attached hydrogens (tertiary/aromatic N) is 1. The summed E-state index contributed by atoms with van der Waals surface area (Å²) < 4.78 is 0. The molecule has 4 N–H and O–H groups in total. The molecule has 92 valence electrons. The Bertz CT molecular complexity index is 447. The van der Waals surface area contributed by atoms with Crippen LogP contribution in [0.15, 0.2) is 18.2 Å². The van der Waals surface area contributed by atoms with Crippen LogP contribution in [-0.2, 0) is 4.79 Å². The van der Waals surface area contributed by atoms with Gasteiger partial charge in [-0.3, -0.25) is 4.79 Å². The van der Waals surface area contributed by atoms with E-state index in [-0.39, 0.29) is 18.6 Å². The van der Waals surface area contributed by atoms with Gasteiger partial charge >= 0.3 is 0 Å². The van der Waals surface area contributed by atoms with Crippen molar-refractivity contribution in [1.29, 1.82) is 0 Å². The zero-order valence-electron chi connectivity index (χ0n) is 9.97. The lowest BCUT2D eigenvalue weighted by Crippen LogP contribution is -2.31. The van der Waals surface area contributed by atoms with Crippen molar-refractivity contribution in [3.63, 3.8) is 0 Å². The van der Waals surface area contributed by atoms with Crippen molar-refractivity contribution in [2.75, 3.05) is 23.9 Å². The van der Waals surface area contributed by atoms with Crippen LogP contribution < -0.4 is 16.0 Å². The maximum Gasteiger partial charge on any atom is 0.245 e. The number of carbonyl (C=O) groups is 1. The number of amides is 1. The first-order valence-electron chi connectivity index (χ1n) is 5.58. The van der Waals surface area contributed by atoms with E-state index in [1.54, 1.807) is 0 Å². The highest BCUT2D eigenvalue weighted by Crippen LogP contribution is 2.32. The fourth-order valence-corrected chi connectivity index (χ4v) is 1.87. The van der Waals surface area contributed by atoms with Crippen LogP contribution in [0.3, 0.4) is 0 Å². The molecule has 1 aromatic rings. The van der Waals surface area contributed by atoms with Crippen molar-refractivity contribution in [1.82, 2.24) is 0 Å². The molecule has 5 heteroatoms. The number of carbonyl (C=O) groups excluding carboxylic acids is 1. The molecule has 0 aromatic heterocycles. The van der Waals surface area contributed by atoms with E-state index in [4.69, 9.17) is 10.8 Å². The molecule has 1 amide bonds. The predicted octanol–water partition coefficient (Wildman–Crippen LogP) is 0.456. The van der Waals surface area contributed by atoms with Crippen molar-refractivity contribution in [3.05, 3.63) is 23.8 Å². The average molecular weight is 235 g/mol. The number of rotatable bonds is 3. The third kappa shape index (κ3) is 1.99. The highest BCUT2D eigenvalue weighted by atomic mass is 16.3. The topological polar surface area (TPSA) is 78.6 Å². The molecule has 1 aliphatic rings. The molecule has 2 unspecified atom stereocenters. The second-order valence-corrected chi connectivity index (χ2v) is 4.38. The molecule has 5 nitrogen and oxygen atoms in total. The molecular weight excluding hydrogens is 218 g/mol. The predicted molar refractivity (Wildman–Crippen MR) is 67.0 cm³/mol. The van der Waals surface area contributed by atoms with E-state index >= 15 is 0 Å². The molecule has 2 rings (SSSR count). The molecule has 0 saturated heterocycles. The molecule has 0 fully saturated rings. The van der Waals surface area contributed by atoms with Gasteiger partial charge in [-0.25, -0.2) is 0 Å². The van der Waals surface area contributed by atoms with Gasteiger partial charge in [-0.1, -0.05) is 6.07 Å². The minimum absolute atomic E-state index is 0.0267. The summed E-state index contributed by atoms with van der Waals surface area (Å²) in [6.07, 6.45) is 0. The third-order valence-electron chi connectivity index (χ3n) is 3.24. The normalized spacial score (nSPS) is 19.8. The molecule has 0 bridgehead atoms. The Morgan fingerprint density at radius 1 is 1.59 bits per heavy atom. The second kappa shape index (κ2) is 4.35. The highest BCUT2D eigenvalue weighted by Gasteiger charge is 2.27. The summed E-state index contributed by atoms with van der Waals surface area (Å²) in [7, 11) is 1.90. The number of hydrogen-bond donors (Lipinski definition) is 3. The average Bonchev–Trinajstić information content (AvgIpc) is 2.62. The van der Waals surface area contributed by atoms with Crippen LogP contribution >= 0.6 is 0 Å². The smallest absolute Gasteiger partial charge is 0.245 e. The number of aliphatic hydroxyl groups excluding tert-OH is 1. The zero-order chi connectivity index (χ0) is 12.6. The maximum atomic E-state index is 11.4. The van der Waals surface area contributed by atoms with Gasteiger partial charge in [0.15, 0.2) is 0 Å². The number of benzene rings is 1. The molecule has 0 aliphatic carbocycles. The number of anilines is 2. The first-order valence-corrected chi connectivity index (χ1v) is 5.58. The molecule has 2 atom stereocenters. The summed E-state index contributed by atoms with van der Waals surface area (Å²) in [5.41, 5.74) is 8.26. The van der Waals surface area contributed by atoms with Crippen molar-refractivity contribution < 1.29 is 9.90 Å². The van der Waals surface area contributed by atoms with Crippen LogP contribution in [0.2, 0.25) is 0 Å². The first-order chi connectivity index (χ1) is 8.04. The fraction of sp³-hybridized carbons (Fsp3) is 0.417. The summed E-state index contributed by atoms with van der Waals surface area (Å²) in [6.45, 7) is 2.01. The van der Waals surface area contributed by atoms with Gasteiger partial charge in [-0.05, 0) is 19.1 Å². The minimum atomic E-state index is -0.570. The van der Waals surface area contributed by atoms with Crippen molar-refractivity contribution in [2.24, 2.45) is 5.73 Å². The maximum absolute atomic E-state index is 11.4. The highest BCUT2D eigenvalue weighted by molar-refractivity contribution is 6.02. The summed E-state index contributed by atoms with van der Waals surface area (Å²) >= 11 is 0. The van der Waals surface area contributed by atoms with Crippen molar-refractivity contribution in [2.45, 2.75) is 19.0 Å². The molecule has 1 heterocycles. The SMILES string of the molecule is CC(CO)N(C)c1ccc2c(c1)NC(=O)C2N. The molecule has 1 aliphatic heterocycles. The van der Waals surface area contributed by atoms with Crippen LogP contribution in [-0.4, -0.2) is 30.7 Å². The number of hydrogen-bond acceptors (Lipinski definition) is 4. The van der Waals surface area contributed by atoms with Gasteiger partial charge in [0.2, 0.25) is 5.91 Å². The molecule has 0 radical (unpaired) electrons. The number of fused-ring (bicyclic) bond motifs is 1. The van der Waals surface area contributed by atoms with Gasteiger partial charge in [0, 0.05) is 30.0 Å². The Morgan fingerprint density at radius 3 is 2.94 bits per heavy atom. The van der Waals surface area contributed by atoms with Crippen molar-refractivity contribution >= 4 is 17.3 Å². The van der Waals surface area contributed by atoms with Gasteiger partial charge in [-0.2, -0.15) is 0 Å². The number of likely N-dealkylation sites (N-methyl/N-ethyl adjacent to an activating group) is 1. The quantitative estimate of drug-likeness (QED) is 0.711. The molecule has 17 heavy (non-hydrogen) atoms. The fourth-order valence-electron chi connectivity index (χ4n) is 1.87. The van der Waals surface area contributed by atoms with Crippen LogP contribution in [0.1, 0.15) is 18.5 Å². The van der Waals surface area contributed by atoms with Crippen LogP contribution in [0, 0.1) is 0 Å². The van der Waals surface area contributed by atoms with E-state index in [0.717, 1.165) is 16.9 Å². The van der Waals surface area contributed by atoms with Crippen molar-refractivity contribution in [3.8, 4) is 0 Å². The Labute approximate surface area is 100 Å². The van der Waals surface area contributed by atoms with Gasteiger partial charge < -0.3 is 21.1 Å². The Kier molecular flexibility index (Phi) is 3.04. The second-order valence-electron chi connectivity index (χ2n) is 4.38. The van der Waals surface area contributed by atoms with E-state index in [9.17, 15) is 4.79 Å². The molecular formula is C12H17N3O2. The number of nitrogens with two attached hydrogens (primary N) is 1. The van der Waals surface area contributed by atoms with E-state index < -0.39 is 6.04 Å². The van der Waals surface area contributed by atoms with E-state index in [1.165, 1.54) is 0 Å². The van der Waals surface area contributed by atoms with Gasteiger partial charge in [0.1, 0.15) is 6.04 Å². The zero-order valence-corrected chi connectivity index (χ0v) is 9.97. The monoisotopic (exact) mass is 235 g/mol. The minimum Gasteiger partial charge on any atom is -0.394 e. The largest absolute Gasteiger partial charge is 0.394 e. The van der Waals surface area contributed by atoms with Crippen LogP contribution in [0.25, 0.3) is 0 Å². The Hall–Kier alpha value is -1.59. The van der Waals surface area contributed by atoms with Gasteiger partial charge in [0.25, 0.3) is 0 Å². The third-order valence-corrected chi connectivity index (χ3v) is 3.24. The molecule has 0 saturated carbocycles. The lowest BCUT2D eigenvalue weighted by atomic mass is 10.1. The molecule has 1 aromatic carbocycles. The lowest BCUT2D eigenvalue weighted by Gasteiger charge is -2.25. The summed E-state index contributed by atoms with van der Waals surface area (Å²) in [6, 6.07) is 5.10. The Balaban J connectivity index is 2.30. The van der Waals surface area contributed by atoms with E-state index in [1.807, 2.05) is 37.1 Å².